The van der Waals surface area contributed by atoms with Crippen molar-refractivity contribution in [1.82, 2.24) is 15.1 Å². The second kappa shape index (κ2) is 6.04. The van der Waals surface area contributed by atoms with Crippen LogP contribution in [0.2, 0.25) is 0 Å². The van der Waals surface area contributed by atoms with E-state index in [1.807, 2.05) is 0 Å². The van der Waals surface area contributed by atoms with Crippen LogP contribution in [-0.4, -0.2) is 46.0 Å². The number of hydrogen-bond acceptors (Lipinski definition) is 4. The first-order chi connectivity index (χ1) is 9.49. The van der Waals surface area contributed by atoms with E-state index in [4.69, 9.17) is 4.74 Å². The summed E-state index contributed by atoms with van der Waals surface area (Å²) < 4.78 is 6.83. The van der Waals surface area contributed by atoms with Crippen molar-refractivity contribution in [2.45, 2.75) is 25.8 Å². The Morgan fingerprint density at radius 2 is 2.35 bits per heavy atom. The van der Waals surface area contributed by atoms with Crippen molar-refractivity contribution in [3.63, 3.8) is 0 Å². The summed E-state index contributed by atoms with van der Waals surface area (Å²) in [5.74, 6) is -1.63. The number of nitrogens with one attached hydrogen (secondary N) is 1. The molecule has 1 saturated heterocycles. The van der Waals surface area contributed by atoms with E-state index in [2.05, 4.69) is 10.4 Å². The summed E-state index contributed by atoms with van der Waals surface area (Å²) in [6.07, 6.45) is 3.14. The summed E-state index contributed by atoms with van der Waals surface area (Å²) in [6, 6.07) is -0.928. The molecule has 1 fully saturated rings. The van der Waals surface area contributed by atoms with Gasteiger partial charge in [-0.2, -0.15) is 5.10 Å². The Bertz CT molecular complexity index is 506. The van der Waals surface area contributed by atoms with Crippen LogP contribution in [0.1, 0.15) is 28.9 Å². The van der Waals surface area contributed by atoms with Gasteiger partial charge in [-0.3, -0.25) is 9.48 Å². The fraction of sp³-hybridized carbons (Fsp3) is 0.615. The number of hydrogen-bond donors (Lipinski definition) is 2. The number of carbonyl (C=O) groups is 2. The second-order valence-electron chi connectivity index (χ2n) is 5.07. The number of aliphatic carboxylic acids is 1. The molecule has 2 rings (SSSR count). The number of rotatable bonds is 4. The quantitative estimate of drug-likeness (QED) is 0.830. The molecular formula is C13H19N3O4. The van der Waals surface area contributed by atoms with Gasteiger partial charge >= 0.3 is 5.97 Å². The van der Waals surface area contributed by atoms with Crippen molar-refractivity contribution in [2.24, 2.45) is 13.0 Å². The van der Waals surface area contributed by atoms with Gasteiger partial charge in [-0.05, 0) is 19.8 Å². The molecule has 1 aliphatic heterocycles. The van der Waals surface area contributed by atoms with Gasteiger partial charge in [0.25, 0.3) is 5.91 Å². The minimum Gasteiger partial charge on any atom is -0.480 e. The number of nitrogens with zero attached hydrogens (tertiary/aromatic N) is 2. The van der Waals surface area contributed by atoms with Gasteiger partial charge in [0, 0.05) is 25.8 Å². The Morgan fingerprint density at radius 1 is 1.60 bits per heavy atom. The highest BCUT2D eigenvalue weighted by molar-refractivity contribution is 5.97. The predicted molar refractivity (Wildman–Crippen MR) is 70.4 cm³/mol. The smallest absolute Gasteiger partial charge is 0.326 e. The highest BCUT2D eigenvalue weighted by Gasteiger charge is 2.32. The summed E-state index contributed by atoms with van der Waals surface area (Å²) >= 11 is 0. The largest absolute Gasteiger partial charge is 0.480 e. The first kappa shape index (κ1) is 14.5. The molecule has 2 N–H and O–H groups in total. The van der Waals surface area contributed by atoms with Crippen LogP contribution in [0.5, 0.6) is 0 Å². The highest BCUT2D eigenvalue weighted by atomic mass is 16.5. The van der Waals surface area contributed by atoms with Gasteiger partial charge in [0.2, 0.25) is 0 Å². The SMILES string of the molecule is Cc1nn(C)cc1C(=O)NC(C(=O)O)C1CCCOC1. The zero-order valence-electron chi connectivity index (χ0n) is 11.6. The van der Waals surface area contributed by atoms with Crippen LogP contribution in [0.3, 0.4) is 0 Å². The summed E-state index contributed by atoms with van der Waals surface area (Å²) in [5, 5.41) is 16.0. The maximum Gasteiger partial charge on any atom is 0.326 e. The minimum absolute atomic E-state index is 0.192. The summed E-state index contributed by atoms with van der Waals surface area (Å²) in [5.41, 5.74) is 0.976. The lowest BCUT2D eigenvalue weighted by Crippen LogP contribution is -2.48. The van der Waals surface area contributed by atoms with Gasteiger partial charge in [0.1, 0.15) is 6.04 Å². The molecule has 0 saturated carbocycles. The van der Waals surface area contributed by atoms with E-state index in [-0.39, 0.29) is 5.92 Å². The Hall–Kier alpha value is -1.89. The first-order valence-electron chi connectivity index (χ1n) is 6.60. The lowest BCUT2D eigenvalue weighted by atomic mass is 9.93. The van der Waals surface area contributed by atoms with Crippen LogP contribution < -0.4 is 5.32 Å². The van der Waals surface area contributed by atoms with E-state index in [1.54, 1.807) is 20.2 Å². The van der Waals surface area contributed by atoms with Gasteiger partial charge < -0.3 is 15.2 Å². The molecule has 7 nitrogen and oxygen atoms in total. The molecule has 1 aromatic heterocycles. The molecule has 2 unspecified atom stereocenters. The number of ether oxygens (including phenoxy) is 1. The second-order valence-corrected chi connectivity index (χ2v) is 5.07. The Morgan fingerprint density at radius 3 is 2.85 bits per heavy atom. The van der Waals surface area contributed by atoms with Crippen molar-refractivity contribution < 1.29 is 19.4 Å². The fourth-order valence-electron chi connectivity index (χ4n) is 2.45. The number of carbonyl (C=O) groups excluding carboxylic acids is 1. The van der Waals surface area contributed by atoms with E-state index >= 15 is 0 Å². The number of amides is 1. The molecule has 7 heteroatoms. The molecule has 0 spiro atoms. The summed E-state index contributed by atoms with van der Waals surface area (Å²) in [7, 11) is 1.72. The van der Waals surface area contributed by atoms with Crippen LogP contribution in [0.25, 0.3) is 0 Å². The molecular weight excluding hydrogens is 262 g/mol. The number of carboxylic acid groups (broad SMARTS) is 1. The zero-order chi connectivity index (χ0) is 14.7. The molecule has 0 radical (unpaired) electrons. The van der Waals surface area contributed by atoms with Crippen LogP contribution >= 0.6 is 0 Å². The van der Waals surface area contributed by atoms with Crippen molar-refractivity contribution in [2.75, 3.05) is 13.2 Å². The van der Waals surface area contributed by atoms with Crippen molar-refractivity contribution in [3.8, 4) is 0 Å². The maximum absolute atomic E-state index is 12.2. The molecule has 20 heavy (non-hydrogen) atoms. The van der Waals surface area contributed by atoms with Crippen LogP contribution in [0.4, 0.5) is 0 Å². The van der Waals surface area contributed by atoms with Gasteiger partial charge in [-0.1, -0.05) is 0 Å². The standard InChI is InChI=1S/C13H19N3O4/c1-8-10(6-16(2)15-8)12(17)14-11(13(18)19)9-4-3-5-20-7-9/h6,9,11H,3-5,7H2,1-2H3,(H,14,17)(H,18,19). The topological polar surface area (TPSA) is 93.5 Å². The lowest BCUT2D eigenvalue weighted by molar-refractivity contribution is -0.142. The molecule has 0 bridgehead atoms. The van der Waals surface area contributed by atoms with Gasteiger partial charge in [-0.15, -0.1) is 0 Å². The molecule has 1 aliphatic rings. The summed E-state index contributed by atoms with van der Waals surface area (Å²) in [6.45, 7) is 2.73. The predicted octanol–water partition coefficient (Wildman–Crippen LogP) is 0.338. The molecule has 2 heterocycles. The summed E-state index contributed by atoms with van der Waals surface area (Å²) in [4.78, 5) is 23.5. The molecule has 0 aliphatic carbocycles. The third-order valence-electron chi connectivity index (χ3n) is 3.48. The average molecular weight is 281 g/mol. The number of aryl methyl sites for hydroxylation is 2. The third-order valence-corrected chi connectivity index (χ3v) is 3.48. The minimum atomic E-state index is -1.03. The Labute approximate surface area is 116 Å². The van der Waals surface area contributed by atoms with Gasteiger partial charge in [0.05, 0.1) is 17.9 Å². The van der Waals surface area contributed by atoms with Crippen molar-refractivity contribution >= 4 is 11.9 Å². The van der Waals surface area contributed by atoms with Crippen LogP contribution in [-0.2, 0) is 16.6 Å². The van der Waals surface area contributed by atoms with E-state index in [0.717, 1.165) is 12.8 Å². The lowest BCUT2D eigenvalue weighted by Gasteiger charge is -2.28. The Kier molecular flexibility index (Phi) is 4.39. The van der Waals surface area contributed by atoms with Gasteiger partial charge in [-0.25, -0.2) is 4.79 Å². The highest BCUT2D eigenvalue weighted by Crippen LogP contribution is 2.18. The maximum atomic E-state index is 12.2. The molecule has 1 amide bonds. The fourth-order valence-corrected chi connectivity index (χ4v) is 2.45. The van der Waals surface area contributed by atoms with E-state index in [1.165, 1.54) is 4.68 Å². The van der Waals surface area contributed by atoms with Crippen LogP contribution in [0.15, 0.2) is 6.20 Å². The van der Waals surface area contributed by atoms with Gasteiger partial charge in [0.15, 0.2) is 0 Å². The molecule has 0 aromatic carbocycles. The van der Waals surface area contributed by atoms with Crippen LogP contribution in [0, 0.1) is 12.8 Å². The van der Waals surface area contributed by atoms with Crippen molar-refractivity contribution in [3.05, 3.63) is 17.5 Å². The Balaban J connectivity index is 2.09. The normalized spacial score (nSPS) is 20.4. The number of carboxylic acids is 1. The number of aromatic nitrogens is 2. The van der Waals surface area contributed by atoms with E-state index < -0.39 is 17.9 Å². The van der Waals surface area contributed by atoms with E-state index in [0.29, 0.717) is 24.5 Å². The van der Waals surface area contributed by atoms with Crippen molar-refractivity contribution in [1.29, 1.82) is 0 Å². The molecule has 110 valence electrons. The molecule has 1 aromatic rings. The molecule has 2 atom stereocenters. The third kappa shape index (κ3) is 3.16. The first-order valence-corrected chi connectivity index (χ1v) is 6.60. The monoisotopic (exact) mass is 281 g/mol. The van der Waals surface area contributed by atoms with E-state index in [9.17, 15) is 14.7 Å². The average Bonchev–Trinajstić information content (AvgIpc) is 2.75. The zero-order valence-corrected chi connectivity index (χ0v) is 11.6.